The third-order valence-electron chi connectivity index (χ3n) is 2.37. The molecule has 104 valence electrons. The number of alkyl halides is 3. The van der Waals surface area contributed by atoms with Gasteiger partial charge in [0.05, 0.1) is 12.1 Å². The van der Waals surface area contributed by atoms with Gasteiger partial charge in [-0.2, -0.15) is 13.2 Å². The molecule has 0 spiro atoms. The highest BCUT2D eigenvalue weighted by molar-refractivity contribution is 7.80. The molecule has 0 unspecified atom stereocenters. The van der Waals surface area contributed by atoms with E-state index >= 15 is 0 Å². The fourth-order valence-corrected chi connectivity index (χ4v) is 1.68. The molecule has 7 heteroatoms. The fourth-order valence-electron chi connectivity index (χ4n) is 1.39. The molecule has 2 nitrogen and oxygen atoms in total. The quantitative estimate of drug-likeness (QED) is 0.859. The Hall–Kier alpha value is -1.27. The van der Waals surface area contributed by atoms with Crippen LogP contribution in [0.4, 0.5) is 18.9 Å². The summed E-state index contributed by atoms with van der Waals surface area (Å²) in [7, 11) is 0. The van der Waals surface area contributed by atoms with Gasteiger partial charge in [0.15, 0.2) is 5.11 Å². The van der Waals surface area contributed by atoms with Gasteiger partial charge in [-0.25, -0.2) is 0 Å². The van der Waals surface area contributed by atoms with E-state index in [0.29, 0.717) is 5.03 Å². The molecule has 0 saturated carbocycles. The van der Waals surface area contributed by atoms with E-state index in [0.717, 1.165) is 12.1 Å². The number of rotatable bonds is 3. The lowest BCUT2D eigenvalue weighted by Crippen LogP contribution is -2.36. The third-order valence-corrected chi connectivity index (χ3v) is 2.93. The summed E-state index contributed by atoms with van der Waals surface area (Å²) in [6.07, 6.45) is -2.79. The number of halogens is 4. The Kier molecular flexibility index (Phi) is 5.20. The monoisotopic (exact) mass is 308 g/mol. The second kappa shape index (κ2) is 6.25. The molecule has 0 heterocycles. The summed E-state index contributed by atoms with van der Waals surface area (Å²) in [6.45, 7) is 1.85. The van der Waals surface area contributed by atoms with Gasteiger partial charge < -0.3 is 10.6 Å². The number of thiocarbonyl (C=S) groups is 1. The lowest BCUT2D eigenvalue weighted by atomic mass is 10.2. The van der Waals surface area contributed by atoms with Crippen molar-refractivity contribution in [1.29, 1.82) is 0 Å². The summed E-state index contributed by atoms with van der Waals surface area (Å²) < 4.78 is 37.9. The first-order chi connectivity index (χ1) is 8.75. The number of hydrogen-bond donors (Lipinski definition) is 1. The molecule has 0 bridgehead atoms. The Bertz CT molecular complexity index is 500. The number of nitrogens with zero attached hydrogens (tertiary/aromatic N) is 1. The summed E-state index contributed by atoms with van der Waals surface area (Å²) in [5.41, 5.74) is 5.01. The van der Waals surface area contributed by atoms with Gasteiger partial charge >= 0.3 is 6.18 Å². The maximum atomic E-state index is 12.6. The van der Waals surface area contributed by atoms with Gasteiger partial charge in [-0.15, -0.1) is 0 Å². The van der Waals surface area contributed by atoms with Crippen molar-refractivity contribution in [3.63, 3.8) is 0 Å². The third kappa shape index (κ3) is 4.40. The molecule has 0 aliphatic rings. The van der Waals surface area contributed by atoms with Crippen LogP contribution in [0, 0.1) is 0 Å². The van der Waals surface area contributed by atoms with Crippen LogP contribution in [-0.4, -0.2) is 11.7 Å². The standard InChI is InChI=1S/C12H12ClF3N2S/c1-2-9(13)7-18(11(17)19)10-5-3-4-8(6-10)12(14,15)16/h2-6H,7H2,1H3,(H2,17,19). The van der Waals surface area contributed by atoms with Crippen LogP contribution in [0.3, 0.4) is 0 Å². The molecule has 1 aromatic rings. The van der Waals surface area contributed by atoms with Crippen molar-refractivity contribution in [3.8, 4) is 0 Å². The minimum atomic E-state index is -4.41. The molecule has 0 saturated heterocycles. The fraction of sp³-hybridized carbons (Fsp3) is 0.250. The maximum Gasteiger partial charge on any atom is 0.416 e. The largest absolute Gasteiger partial charge is 0.416 e. The number of hydrogen-bond acceptors (Lipinski definition) is 1. The molecule has 1 aromatic carbocycles. The lowest BCUT2D eigenvalue weighted by molar-refractivity contribution is -0.137. The highest BCUT2D eigenvalue weighted by atomic mass is 35.5. The second-order valence-corrected chi connectivity index (χ2v) is 4.61. The molecule has 0 aromatic heterocycles. The zero-order valence-electron chi connectivity index (χ0n) is 10.0. The predicted molar refractivity (Wildman–Crippen MR) is 75.2 cm³/mol. The highest BCUT2D eigenvalue weighted by Gasteiger charge is 2.31. The van der Waals surface area contributed by atoms with E-state index in [-0.39, 0.29) is 17.3 Å². The Labute approximate surface area is 119 Å². The Morgan fingerprint density at radius 3 is 2.58 bits per heavy atom. The van der Waals surface area contributed by atoms with Crippen LogP contribution >= 0.6 is 23.8 Å². The van der Waals surface area contributed by atoms with Crippen molar-refractivity contribution >= 4 is 34.6 Å². The van der Waals surface area contributed by atoms with Crippen LogP contribution in [0.5, 0.6) is 0 Å². The van der Waals surface area contributed by atoms with Crippen molar-refractivity contribution in [3.05, 3.63) is 40.9 Å². The van der Waals surface area contributed by atoms with Gasteiger partial charge in [-0.1, -0.05) is 23.7 Å². The van der Waals surface area contributed by atoms with Gasteiger partial charge in [-0.05, 0) is 37.3 Å². The van der Waals surface area contributed by atoms with Gasteiger partial charge in [0.2, 0.25) is 0 Å². The summed E-state index contributed by atoms with van der Waals surface area (Å²) in [5.74, 6) is 0. The van der Waals surface area contributed by atoms with Crippen molar-refractivity contribution in [2.75, 3.05) is 11.4 Å². The van der Waals surface area contributed by atoms with Crippen LogP contribution in [0.25, 0.3) is 0 Å². The van der Waals surface area contributed by atoms with Gasteiger partial charge in [-0.3, -0.25) is 0 Å². The maximum absolute atomic E-state index is 12.6. The SMILES string of the molecule is CC=C(Cl)CN(C(N)=S)c1cccc(C(F)(F)F)c1. The molecule has 0 amide bonds. The predicted octanol–water partition coefficient (Wildman–Crippen LogP) is 3.90. The summed E-state index contributed by atoms with van der Waals surface area (Å²) >= 11 is 10.7. The molecule has 2 N–H and O–H groups in total. The molecular formula is C12H12ClF3N2S. The van der Waals surface area contributed by atoms with E-state index in [1.165, 1.54) is 17.0 Å². The van der Waals surface area contributed by atoms with Crippen molar-refractivity contribution < 1.29 is 13.2 Å². The van der Waals surface area contributed by atoms with E-state index in [1.807, 2.05) is 0 Å². The van der Waals surface area contributed by atoms with E-state index in [9.17, 15) is 13.2 Å². The minimum Gasteiger partial charge on any atom is -0.376 e. The summed E-state index contributed by atoms with van der Waals surface area (Å²) in [4.78, 5) is 1.34. The number of allylic oxidation sites excluding steroid dienone is 1. The number of benzene rings is 1. The summed E-state index contributed by atoms with van der Waals surface area (Å²) in [5, 5.41) is 0.393. The first-order valence-electron chi connectivity index (χ1n) is 5.30. The van der Waals surface area contributed by atoms with E-state index < -0.39 is 11.7 Å². The molecule has 0 radical (unpaired) electrons. The molecular weight excluding hydrogens is 297 g/mol. The van der Waals surface area contributed by atoms with Crippen LogP contribution in [-0.2, 0) is 6.18 Å². The topological polar surface area (TPSA) is 29.3 Å². The van der Waals surface area contributed by atoms with E-state index in [4.69, 9.17) is 29.6 Å². The molecule has 0 fully saturated rings. The molecule has 0 atom stereocenters. The van der Waals surface area contributed by atoms with Crippen molar-refractivity contribution in [2.24, 2.45) is 5.73 Å². The average molecular weight is 309 g/mol. The Balaban J connectivity index is 3.14. The Morgan fingerprint density at radius 2 is 2.11 bits per heavy atom. The molecule has 0 aliphatic heterocycles. The highest BCUT2D eigenvalue weighted by Crippen LogP contribution is 2.31. The zero-order valence-corrected chi connectivity index (χ0v) is 11.6. The minimum absolute atomic E-state index is 0.0423. The molecule has 19 heavy (non-hydrogen) atoms. The molecule has 1 rings (SSSR count). The smallest absolute Gasteiger partial charge is 0.376 e. The summed E-state index contributed by atoms with van der Waals surface area (Å²) in [6, 6.07) is 4.76. The van der Waals surface area contributed by atoms with Gasteiger partial charge in [0, 0.05) is 10.7 Å². The number of nitrogens with two attached hydrogens (primary N) is 1. The Morgan fingerprint density at radius 1 is 1.47 bits per heavy atom. The second-order valence-electron chi connectivity index (χ2n) is 3.71. The van der Waals surface area contributed by atoms with Crippen LogP contribution < -0.4 is 10.6 Å². The zero-order chi connectivity index (χ0) is 14.6. The van der Waals surface area contributed by atoms with E-state index in [1.54, 1.807) is 13.0 Å². The van der Waals surface area contributed by atoms with Gasteiger partial charge in [0.25, 0.3) is 0 Å². The lowest BCUT2D eigenvalue weighted by Gasteiger charge is -2.23. The van der Waals surface area contributed by atoms with Crippen LogP contribution in [0.1, 0.15) is 12.5 Å². The average Bonchev–Trinajstić information content (AvgIpc) is 2.34. The number of anilines is 1. The van der Waals surface area contributed by atoms with Gasteiger partial charge in [0.1, 0.15) is 0 Å². The van der Waals surface area contributed by atoms with Crippen LogP contribution in [0.2, 0.25) is 0 Å². The van der Waals surface area contributed by atoms with E-state index in [2.05, 4.69) is 0 Å². The van der Waals surface area contributed by atoms with Crippen molar-refractivity contribution in [1.82, 2.24) is 0 Å². The first-order valence-corrected chi connectivity index (χ1v) is 6.09. The van der Waals surface area contributed by atoms with Crippen LogP contribution in [0.15, 0.2) is 35.4 Å². The molecule has 0 aliphatic carbocycles. The first kappa shape index (κ1) is 15.8. The normalized spacial score (nSPS) is 12.4. The van der Waals surface area contributed by atoms with Crippen molar-refractivity contribution in [2.45, 2.75) is 13.1 Å².